The van der Waals surface area contributed by atoms with Gasteiger partial charge >= 0.3 is 0 Å². The van der Waals surface area contributed by atoms with Crippen LogP contribution in [0.5, 0.6) is 5.88 Å². The molecule has 2 unspecified atom stereocenters. The van der Waals surface area contributed by atoms with Crippen LogP contribution in [0.15, 0.2) is 17.1 Å². The van der Waals surface area contributed by atoms with E-state index in [0.29, 0.717) is 17.8 Å². The van der Waals surface area contributed by atoms with E-state index in [1.807, 2.05) is 18.7 Å². The largest absolute Gasteiger partial charge is 0.492 e. The van der Waals surface area contributed by atoms with Crippen molar-refractivity contribution in [3.63, 3.8) is 0 Å². The number of piperidine rings is 1. The Kier molecular flexibility index (Phi) is 6.32. The van der Waals surface area contributed by atoms with E-state index in [0.717, 1.165) is 32.1 Å². The third kappa shape index (κ3) is 4.54. The highest BCUT2D eigenvalue weighted by Crippen LogP contribution is 2.25. The summed E-state index contributed by atoms with van der Waals surface area (Å²) in [6.45, 7) is 8.39. The van der Waals surface area contributed by atoms with Crippen LogP contribution in [0.2, 0.25) is 0 Å². The number of likely N-dealkylation sites (tertiary alicyclic amines) is 1. The minimum Gasteiger partial charge on any atom is -0.492 e. The Morgan fingerprint density at radius 3 is 2.48 bits per heavy atom. The monoisotopic (exact) mass is 455 g/mol. The third-order valence-corrected chi connectivity index (χ3v) is 6.45. The number of nitrogens with one attached hydrogen (secondary N) is 1. The molecule has 9 nitrogen and oxygen atoms in total. The number of hydrogen-bond donors (Lipinski definition) is 2. The lowest BCUT2D eigenvalue weighted by molar-refractivity contribution is -0.131. The van der Waals surface area contributed by atoms with E-state index in [2.05, 4.69) is 24.3 Å². The van der Waals surface area contributed by atoms with Crippen molar-refractivity contribution < 1.29 is 14.7 Å². The molecular weight excluding hydrogens is 422 g/mol. The summed E-state index contributed by atoms with van der Waals surface area (Å²) in [4.78, 5) is 40.8. The summed E-state index contributed by atoms with van der Waals surface area (Å²) in [5.41, 5.74) is 0.0214. The van der Waals surface area contributed by atoms with Crippen LogP contribution in [0, 0.1) is 5.92 Å². The Morgan fingerprint density at radius 1 is 1.21 bits per heavy atom. The molecule has 0 aromatic carbocycles. The summed E-state index contributed by atoms with van der Waals surface area (Å²) < 4.78 is 2.68. The normalized spacial score (nSPS) is 21.3. The Morgan fingerprint density at radius 2 is 1.88 bits per heavy atom. The van der Waals surface area contributed by atoms with Gasteiger partial charge in [-0.05, 0) is 57.9 Å². The molecule has 9 heteroatoms. The number of rotatable bonds is 6. The molecule has 4 rings (SSSR count). The van der Waals surface area contributed by atoms with Crippen LogP contribution in [0.3, 0.4) is 0 Å². The van der Waals surface area contributed by atoms with E-state index in [1.165, 1.54) is 21.4 Å². The second-order valence-electron chi connectivity index (χ2n) is 9.80. The van der Waals surface area contributed by atoms with E-state index in [-0.39, 0.29) is 35.5 Å². The summed E-state index contributed by atoms with van der Waals surface area (Å²) in [5.74, 6) is -1.05. The lowest BCUT2D eigenvalue weighted by Gasteiger charge is -2.38. The summed E-state index contributed by atoms with van der Waals surface area (Å²) in [6.07, 6.45) is 9.45. The molecule has 0 radical (unpaired) electrons. The molecule has 2 N–H and O–H groups in total. The summed E-state index contributed by atoms with van der Waals surface area (Å²) in [7, 11) is 0. The van der Waals surface area contributed by atoms with E-state index in [4.69, 9.17) is 0 Å². The van der Waals surface area contributed by atoms with Crippen molar-refractivity contribution in [3.05, 3.63) is 33.8 Å². The highest BCUT2D eigenvalue weighted by molar-refractivity contribution is 5.97. The first-order valence-electron chi connectivity index (χ1n) is 11.8. The number of carbonyl (C=O) groups excluding carboxylic acids is 2. The van der Waals surface area contributed by atoms with Gasteiger partial charge in [0.2, 0.25) is 11.8 Å². The van der Waals surface area contributed by atoms with Gasteiger partial charge in [-0.3, -0.25) is 19.0 Å². The predicted octanol–water partition coefficient (Wildman–Crippen LogP) is 2.55. The van der Waals surface area contributed by atoms with Crippen LogP contribution in [0.1, 0.15) is 75.7 Å². The minimum absolute atomic E-state index is 0.0484. The molecule has 2 aromatic heterocycles. The maximum Gasteiger partial charge on any atom is 0.270 e. The van der Waals surface area contributed by atoms with Crippen molar-refractivity contribution >= 4 is 23.5 Å². The molecule has 1 aliphatic carbocycles. The first-order valence-corrected chi connectivity index (χ1v) is 11.8. The quantitative estimate of drug-likeness (QED) is 0.651. The van der Waals surface area contributed by atoms with Crippen molar-refractivity contribution in [1.29, 1.82) is 0 Å². The maximum absolute atomic E-state index is 13.3. The van der Waals surface area contributed by atoms with Gasteiger partial charge in [0.25, 0.3) is 11.5 Å². The maximum atomic E-state index is 13.3. The molecule has 2 atom stereocenters. The number of amides is 2. The zero-order chi connectivity index (χ0) is 23.9. The first kappa shape index (κ1) is 23.1. The molecule has 2 aromatic rings. The van der Waals surface area contributed by atoms with E-state index in [1.54, 1.807) is 6.08 Å². The SMILES string of the molecule is CC(C)Cn1c(=O)c(C(=O)NC2CC2)c(O)n2ncc(/C=C/C(=O)N3C(C)CCCC3C)c12. The fourth-order valence-electron chi connectivity index (χ4n) is 4.65. The molecule has 178 valence electrons. The molecule has 1 saturated carbocycles. The highest BCUT2D eigenvalue weighted by atomic mass is 16.3. The molecule has 0 bridgehead atoms. The minimum atomic E-state index is -0.588. The Hall–Kier alpha value is -3.10. The molecule has 1 saturated heterocycles. The van der Waals surface area contributed by atoms with Crippen molar-refractivity contribution in [2.45, 2.75) is 84.5 Å². The van der Waals surface area contributed by atoms with Gasteiger partial charge < -0.3 is 15.3 Å². The third-order valence-electron chi connectivity index (χ3n) is 6.45. The average molecular weight is 456 g/mol. The molecular formula is C24H33N5O4. The molecule has 33 heavy (non-hydrogen) atoms. The van der Waals surface area contributed by atoms with Gasteiger partial charge in [0.1, 0.15) is 5.65 Å². The van der Waals surface area contributed by atoms with E-state index >= 15 is 0 Å². The van der Waals surface area contributed by atoms with Gasteiger partial charge in [-0.15, -0.1) is 0 Å². The van der Waals surface area contributed by atoms with Crippen LogP contribution < -0.4 is 10.9 Å². The Balaban J connectivity index is 1.75. The Labute approximate surface area is 193 Å². The van der Waals surface area contributed by atoms with Crippen LogP contribution >= 0.6 is 0 Å². The van der Waals surface area contributed by atoms with Crippen molar-refractivity contribution in [2.75, 3.05) is 0 Å². The van der Waals surface area contributed by atoms with E-state index < -0.39 is 17.3 Å². The molecule has 2 aliphatic rings. The number of carbonyl (C=O) groups is 2. The lowest BCUT2D eigenvalue weighted by Crippen LogP contribution is -2.46. The van der Waals surface area contributed by atoms with Crippen molar-refractivity contribution in [3.8, 4) is 5.88 Å². The lowest BCUT2D eigenvalue weighted by atomic mass is 9.97. The fourth-order valence-corrected chi connectivity index (χ4v) is 4.65. The topological polar surface area (TPSA) is 109 Å². The first-order chi connectivity index (χ1) is 15.7. The van der Waals surface area contributed by atoms with Gasteiger partial charge in [-0.2, -0.15) is 9.61 Å². The number of aromatic hydroxyl groups is 1. The van der Waals surface area contributed by atoms with Crippen LogP contribution in [-0.4, -0.2) is 54.1 Å². The fraction of sp³-hybridized carbons (Fsp3) is 0.583. The summed E-state index contributed by atoms with van der Waals surface area (Å²) in [5, 5.41) is 17.8. The van der Waals surface area contributed by atoms with Gasteiger partial charge in [0.05, 0.1) is 6.20 Å². The highest BCUT2D eigenvalue weighted by Gasteiger charge is 2.30. The second kappa shape index (κ2) is 9.03. The molecule has 2 fully saturated rings. The summed E-state index contributed by atoms with van der Waals surface area (Å²) in [6, 6.07) is 0.392. The Bertz CT molecular complexity index is 1150. The van der Waals surface area contributed by atoms with Gasteiger partial charge in [0.15, 0.2) is 5.56 Å². The number of aromatic nitrogens is 3. The van der Waals surface area contributed by atoms with Gasteiger partial charge in [-0.1, -0.05) is 13.8 Å². The molecule has 1 aliphatic heterocycles. The molecule has 2 amide bonds. The number of hydrogen-bond acceptors (Lipinski definition) is 5. The van der Waals surface area contributed by atoms with E-state index in [9.17, 15) is 19.5 Å². The van der Waals surface area contributed by atoms with Crippen molar-refractivity contribution in [2.24, 2.45) is 5.92 Å². The zero-order valence-corrected chi connectivity index (χ0v) is 19.7. The smallest absolute Gasteiger partial charge is 0.270 e. The number of nitrogens with zero attached hydrogens (tertiary/aromatic N) is 4. The zero-order valence-electron chi connectivity index (χ0n) is 19.7. The predicted molar refractivity (Wildman–Crippen MR) is 125 cm³/mol. The van der Waals surface area contributed by atoms with Crippen LogP contribution in [-0.2, 0) is 11.3 Å². The van der Waals surface area contributed by atoms with Gasteiger partial charge in [-0.25, -0.2) is 0 Å². The van der Waals surface area contributed by atoms with Crippen LogP contribution in [0.25, 0.3) is 11.7 Å². The van der Waals surface area contributed by atoms with Gasteiger partial charge in [0, 0.05) is 36.3 Å². The molecule has 3 heterocycles. The molecule has 0 spiro atoms. The van der Waals surface area contributed by atoms with Crippen LogP contribution in [0.4, 0.5) is 0 Å². The standard InChI is InChI=1S/C24H33N5O4/c1-14(2)13-27-22-17(8-11-19(30)28-15(3)6-5-7-16(28)4)12-25-29(22)24(33)20(23(27)32)21(31)26-18-9-10-18/h8,11-12,14-16,18,33H,5-7,9-10,13H2,1-4H3,(H,26,31)/b11-8+. The van der Waals surface area contributed by atoms with Crippen molar-refractivity contribution in [1.82, 2.24) is 24.4 Å². The summed E-state index contributed by atoms with van der Waals surface area (Å²) >= 11 is 0. The second-order valence-corrected chi connectivity index (χ2v) is 9.80. The number of fused-ring (bicyclic) bond motifs is 1. The average Bonchev–Trinajstić information content (AvgIpc) is 3.44.